The monoisotopic (exact) mass is 418 g/mol. The summed E-state index contributed by atoms with van der Waals surface area (Å²) >= 11 is 0. The molecule has 2 aliphatic rings. The predicted molar refractivity (Wildman–Crippen MR) is 97.6 cm³/mol. The molecule has 0 saturated heterocycles. The molecule has 29 heavy (non-hydrogen) atoms. The fourth-order valence-electron chi connectivity index (χ4n) is 4.50. The predicted octanol–water partition coefficient (Wildman–Crippen LogP) is 3.92. The van der Waals surface area contributed by atoms with Crippen LogP contribution in [0.4, 0.5) is 23.2 Å². The number of hydrogen-bond donors (Lipinski definition) is 3. The fraction of sp³-hybridized carbons (Fsp3) is 0.700. The van der Waals surface area contributed by atoms with Crippen LogP contribution in [0.5, 0.6) is 0 Å². The Balaban J connectivity index is 1.70. The van der Waals surface area contributed by atoms with E-state index < -0.39 is 42.8 Å². The Kier molecular flexibility index (Phi) is 6.48. The number of aliphatic hydroxyl groups excluding tert-OH is 2. The van der Waals surface area contributed by atoms with Gasteiger partial charge in [0.1, 0.15) is 6.10 Å². The summed E-state index contributed by atoms with van der Waals surface area (Å²) in [5.41, 5.74) is 0.502. The van der Waals surface area contributed by atoms with Crippen LogP contribution < -0.4 is 5.32 Å². The Morgan fingerprint density at radius 3 is 2.38 bits per heavy atom. The lowest BCUT2D eigenvalue weighted by Crippen LogP contribution is -2.43. The zero-order valence-electron chi connectivity index (χ0n) is 16.0. The van der Waals surface area contributed by atoms with Gasteiger partial charge in [0.15, 0.2) is 0 Å². The Labute approximate surface area is 166 Å². The van der Waals surface area contributed by atoms with Gasteiger partial charge in [-0.3, -0.25) is 9.78 Å². The smallest absolute Gasteiger partial charge is 0.248 e. The number of rotatable bonds is 5. The number of carbonyl (C=O) groups is 1. The molecule has 162 valence electrons. The Morgan fingerprint density at radius 2 is 1.79 bits per heavy atom. The fourth-order valence-corrected chi connectivity index (χ4v) is 4.50. The zero-order chi connectivity index (χ0) is 21.2. The summed E-state index contributed by atoms with van der Waals surface area (Å²) in [5, 5.41) is 21.1. The standard InChI is InChI=1S/C20H26F4N2O3/c21-19(22)6-3-12(4-7-19)14-5-8-20(23,24)9-15(14)18(29)26-13-1-2-16(25-10-13)17(28)11-27/h1-2,10,12,14-15,17,27-28H,3-9,11H2,(H,26,29). The van der Waals surface area contributed by atoms with E-state index in [1.807, 2.05) is 0 Å². The lowest BCUT2D eigenvalue weighted by Gasteiger charge is -2.42. The van der Waals surface area contributed by atoms with Crippen LogP contribution >= 0.6 is 0 Å². The van der Waals surface area contributed by atoms with Gasteiger partial charge in [-0.1, -0.05) is 0 Å². The summed E-state index contributed by atoms with van der Waals surface area (Å²) in [6.07, 6.45) is -0.704. The molecule has 2 saturated carbocycles. The number of amides is 1. The molecular formula is C20H26F4N2O3. The third-order valence-corrected chi connectivity index (χ3v) is 6.15. The first-order valence-corrected chi connectivity index (χ1v) is 9.92. The first-order valence-electron chi connectivity index (χ1n) is 9.92. The lowest BCUT2D eigenvalue weighted by atomic mass is 9.66. The van der Waals surface area contributed by atoms with Crippen molar-refractivity contribution in [1.82, 2.24) is 4.98 Å². The van der Waals surface area contributed by atoms with Crippen molar-refractivity contribution in [3.63, 3.8) is 0 Å². The van der Waals surface area contributed by atoms with Crippen molar-refractivity contribution in [2.24, 2.45) is 17.8 Å². The number of anilines is 1. The molecule has 3 rings (SSSR count). The second-order valence-electron chi connectivity index (χ2n) is 8.22. The highest BCUT2D eigenvalue weighted by atomic mass is 19.3. The number of nitrogens with one attached hydrogen (secondary N) is 1. The molecule has 1 heterocycles. The van der Waals surface area contributed by atoms with Crippen LogP contribution in [0.3, 0.4) is 0 Å². The highest BCUT2D eigenvalue weighted by Gasteiger charge is 2.48. The van der Waals surface area contributed by atoms with E-state index in [-0.39, 0.29) is 61.7 Å². The van der Waals surface area contributed by atoms with Gasteiger partial charge in [0.2, 0.25) is 17.8 Å². The van der Waals surface area contributed by atoms with E-state index in [0.717, 1.165) is 0 Å². The van der Waals surface area contributed by atoms with Crippen LogP contribution in [0.2, 0.25) is 0 Å². The van der Waals surface area contributed by atoms with Crippen molar-refractivity contribution < 1.29 is 32.6 Å². The van der Waals surface area contributed by atoms with Crippen LogP contribution in [-0.2, 0) is 4.79 Å². The molecule has 9 heteroatoms. The third-order valence-electron chi connectivity index (χ3n) is 6.15. The maximum Gasteiger partial charge on any atom is 0.248 e. The molecule has 1 aromatic rings. The molecule has 3 N–H and O–H groups in total. The minimum Gasteiger partial charge on any atom is -0.393 e. The van der Waals surface area contributed by atoms with Crippen LogP contribution in [0.1, 0.15) is 56.7 Å². The summed E-state index contributed by atoms with van der Waals surface area (Å²) in [4.78, 5) is 16.7. The van der Waals surface area contributed by atoms with E-state index in [1.54, 1.807) is 0 Å². The van der Waals surface area contributed by atoms with E-state index in [1.165, 1.54) is 18.3 Å². The van der Waals surface area contributed by atoms with Gasteiger partial charge in [-0.25, -0.2) is 17.6 Å². The van der Waals surface area contributed by atoms with Crippen molar-refractivity contribution >= 4 is 11.6 Å². The number of alkyl halides is 4. The Morgan fingerprint density at radius 1 is 1.14 bits per heavy atom. The molecule has 0 radical (unpaired) electrons. The van der Waals surface area contributed by atoms with Crippen molar-refractivity contribution in [3.05, 3.63) is 24.0 Å². The van der Waals surface area contributed by atoms with Crippen molar-refractivity contribution in [1.29, 1.82) is 0 Å². The van der Waals surface area contributed by atoms with Crippen molar-refractivity contribution in [2.75, 3.05) is 11.9 Å². The van der Waals surface area contributed by atoms with Gasteiger partial charge in [-0.2, -0.15) is 0 Å². The number of aromatic nitrogens is 1. The van der Waals surface area contributed by atoms with Gasteiger partial charge in [0.25, 0.3) is 0 Å². The normalized spacial score (nSPS) is 27.9. The molecule has 1 aromatic heterocycles. The highest BCUT2D eigenvalue weighted by Crippen LogP contribution is 2.49. The molecular weight excluding hydrogens is 392 g/mol. The van der Waals surface area contributed by atoms with Gasteiger partial charge >= 0.3 is 0 Å². The SMILES string of the molecule is O=C(Nc1ccc(C(O)CO)nc1)C1CC(F)(F)CCC1C1CCC(F)(F)CC1. The minimum absolute atomic E-state index is 0.140. The van der Waals surface area contributed by atoms with Gasteiger partial charge in [-0.05, 0) is 43.2 Å². The molecule has 0 bridgehead atoms. The average Bonchev–Trinajstić information content (AvgIpc) is 2.67. The summed E-state index contributed by atoms with van der Waals surface area (Å²) in [5.74, 6) is -7.71. The van der Waals surface area contributed by atoms with Gasteiger partial charge in [0, 0.05) is 31.6 Å². The quantitative estimate of drug-likeness (QED) is 0.633. The number of hydrogen-bond acceptors (Lipinski definition) is 4. The number of halogens is 4. The topological polar surface area (TPSA) is 82.5 Å². The van der Waals surface area contributed by atoms with Gasteiger partial charge in [0.05, 0.1) is 24.2 Å². The number of carbonyl (C=O) groups excluding carboxylic acids is 1. The van der Waals surface area contributed by atoms with Gasteiger partial charge < -0.3 is 15.5 Å². The second kappa shape index (κ2) is 8.55. The third kappa shape index (κ3) is 5.45. The Bertz CT molecular complexity index is 704. The van der Waals surface area contributed by atoms with E-state index >= 15 is 0 Å². The van der Waals surface area contributed by atoms with Crippen LogP contribution in [0, 0.1) is 17.8 Å². The molecule has 3 unspecified atom stereocenters. The zero-order valence-corrected chi connectivity index (χ0v) is 16.0. The first kappa shape index (κ1) is 22.0. The lowest BCUT2D eigenvalue weighted by molar-refractivity contribution is -0.136. The summed E-state index contributed by atoms with van der Waals surface area (Å²) in [6.45, 7) is -0.502. The molecule has 0 spiro atoms. The van der Waals surface area contributed by atoms with Crippen molar-refractivity contribution in [3.8, 4) is 0 Å². The van der Waals surface area contributed by atoms with Crippen LogP contribution in [0.15, 0.2) is 18.3 Å². The maximum atomic E-state index is 14.0. The summed E-state index contributed by atoms with van der Waals surface area (Å²) in [6, 6.07) is 2.89. The molecule has 2 fully saturated rings. The van der Waals surface area contributed by atoms with Crippen LogP contribution in [-0.4, -0.2) is 39.6 Å². The minimum atomic E-state index is -2.95. The summed E-state index contributed by atoms with van der Waals surface area (Å²) in [7, 11) is 0. The van der Waals surface area contributed by atoms with Gasteiger partial charge in [-0.15, -0.1) is 0 Å². The number of pyridine rings is 1. The maximum absolute atomic E-state index is 14.0. The summed E-state index contributed by atoms with van der Waals surface area (Å²) < 4.78 is 55.0. The average molecular weight is 418 g/mol. The molecule has 1 amide bonds. The van der Waals surface area contributed by atoms with E-state index in [0.29, 0.717) is 0 Å². The van der Waals surface area contributed by atoms with Crippen molar-refractivity contribution in [2.45, 2.75) is 62.9 Å². The van der Waals surface area contributed by atoms with E-state index in [4.69, 9.17) is 5.11 Å². The van der Waals surface area contributed by atoms with E-state index in [9.17, 15) is 27.5 Å². The van der Waals surface area contributed by atoms with Crippen LogP contribution in [0.25, 0.3) is 0 Å². The molecule has 3 atom stereocenters. The second-order valence-corrected chi connectivity index (χ2v) is 8.22. The molecule has 5 nitrogen and oxygen atoms in total. The largest absolute Gasteiger partial charge is 0.393 e. The molecule has 0 aliphatic heterocycles. The Hall–Kier alpha value is -1.74. The highest BCUT2D eigenvalue weighted by molar-refractivity contribution is 5.92. The number of nitrogens with zero attached hydrogens (tertiary/aromatic N) is 1. The molecule has 2 aliphatic carbocycles. The van der Waals surface area contributed by atoms with E-state index in [2.05, 4.69) is 10.3 Å². The first-order chi connectivity index (χ1) is 13.6. The number of aliphatic hydroxyl groups is 2. The molecule has 0 aromatic carbocycles.